The van der Waals surface area contributed by atoms with Crippen LogP contribution in [0.1, 0.15) is 47.0 Å². The number of hydrogen-bond donors (Lipinski definition) is 2. The zero-order chi connectivity index (χ0) is 11.9. The van der Waals surface area contributed by atoms with E-state index in [-0.39, 0.29) is 17.6 Å². The van der Waals surface area contributed by atoms with E-state index in [9.17, 15) is 5.11 Å². The summed E-state index contributed by atoms with van der Waals surface area (Å²) in [4.78, 5) is 0. The number of nitrogens with zero attached hydrogens (tertiary/aromatic N) is 1. The number of aliphatic hydroxyl groups is 1. The van der Waals surface area contributed by atoms with Crippen LogP contribution in [0.4, 0.5) is 0 Å². The van der Waals surface area contributed by atoms with Crippen LogP contribution < -0.4 is 5.32 Å². The molecule has 0 aromatic rings. The van der Waals surface area contributed by atoms with Gasteiger partial charge in [0.1, 0.15) is 0 Å². The standard InChI is InChI=1S/C12H24N2O/c1-5-12(4,10-15)14-9-11(2,3)7-6-8-13/h14-15H,5-7,9-10H2,1-4H3. The minimum absolute atomic E-state index is 0.112. The molecule has 0 fully saturated rings. The van der Waals surface area contributed by atoms with Gasteiger partial charge in [0.15, 0.2) is 0 Å². The molecule has 0 saturated heterocycles. The second kappa shape index (κ2) is 6.09. The number of aliphatic hydroxyl groups excluding tert-OH is 1. The molecule has 1 atom stereocenters. The Morgan fingerprint density at radius 1 is 1.33 bits per heavy atom. The first kappa shape index (κ1) is 14.4. The SMILES string of the molecule is CCC(C)(CO)NCC(C)(C)CCC#N. The highest BCUT2D eigenvalue weighted by Crippen LogP contribution is 2.22. The third-order valence-electron chi connectivity index (χ3n) is 3.04. The lowest BCUT2D eigenvalue weighted by molar-refractivity contribution is 0.152. The third kappa shape index (κ3) is 5.76. The van der Waals surface area contributed by atoms with Gasteiger partial charge >= 0.3 is 0 Å². The molecule has 3 heteroatoms. The smallest absolute Gasteiger partial charge is 0.0621 e. The van der Waals surface area contributed by atoms with E-state index in [4.69, 9.17) is 5.26 Å². The lowest BCUT2D eigenvalue weighted by Gasteiger charge is -2.33. The van der Waals surface area contributed by atoms with Gasteiger partial charge in [0.2, 0.25) is 0 Å². The van der Waals surface area contributed by atoms with Crippen LogP contribution in [0.15, 0.2) is 0 Å². The molecule has 0 radical (unpaired) electrons. The van der Waals surface area contributed by atoms with Gasteiger partial charge < -0.3 is 10.4 Å². The van der Waals surface area contributed by atoms with Crippen molar-refractivity contribution in [2.75, 3.05) is 13.2 Å². The first-order chi connectivity index (χ1) is 6.89. The van der Waals surface area contributed by atoms with E-state index in [1.54, 1.807) is 0 Å². The summed E-state index contributed by atoms with van der Waals surface area (Å²) in [6.07, 6.45) is 2.39. The molecule has 0 heterocycles. The van der Waals surface area contributed by atoms with Crippen molar-refractivity contribution in [3.05, 3.63) is 0 Å². The zero-order valence-electron chi connectivity index (χ0n) is 10.4. The summed E-state index contributed by atoms with van der Waals surface area (Å²) in [5, 5.41) is 21.2. The monoisotopic (exact) mass is 212 g/mol. The topological polar surface area (TPSA) is 56.0 Å². The molecular weight excluding hydrogens is 188 g/mol. The van der Waals surface area contributed by atoms with Crippen LogP contribution in [0.5, 0.6) is 0 Å². The lowest BCUT2D eigenvalue weighted by atomic mass is 9.86. The average Bonchev–Trinajstić information content (AvgIpc) is 2.23. The fourth-order valence-electron chi connectivity index (χ4n) is 1.23. The van der Waals surface area contributed by atoms with E-state index in [1.165, 1.54) is 0 Å². The van der Waals surface area contributed by atoms with Gasteiger partial charge in [-0.1, -0.05) is 20.8 Å². The summed E-state index contributed by atoms with van der Waals surface area (Å²) < 4.78 is 0. The highest BCUT2D eigenvalue weighted by Gasteiger charge is 2.24. The minimum Gasteiger partial charge on any atom is -0.394 e. The molecule has 0 aliphatic carbocycles. The second-order valence-corrected chi connectivity index (χ2v) is 5.25. The molecular formula is C12H24N2O. The number of hydrogen-bond acceptors (Lipinski definition) is 3. The van der Waals surface area contributed by atoms with Crippen molar-refractivity contribution in [3.63, 3.8) is 0 Å². The van der Waals surface area contributed by atoms with Crippen LogP contribution in [0.2, 0.25) is 0 Å². The Kier molecular flexibility index (Phi) is 5.85. The van der Waals surface area contributed by atoms with Gasteiger partial charge in [-0.3, -0.25) is 0 Å². The maximum Gasteiger partial charge on any atom is 0.0621 e. The first-order valence-electron chi connectivity index (χ1n) is 5.62. The van der Waals surface area contributed by atoms with Crippen molar-refractivity contribution in [3.8, 4) is 6.07 Å². The molecule has 0 aromatic heterocycles. The molecule has 0 spiro atoms. The number of rotatable bonds is 7. The van der Waals surface area contributed by atoms with Crippen molar-refractivity contribution >= 4 is 0 Å². The Labute approximate surface area is 93.5 Å². The summed E-state index contributed by atoms with van der Waals surface area (Å²) >= 11 is 0. The molecule has 0 rings (SSSR count). The van der Waals surface area contributed by atoms with Crippen molar-refractivity contribution in [1.29, 1.82) is 5.26 Å². The van der Waals surface area contributed by atoms with Crippen molar-refractivity contribution < 1.29 is 5.11 Å². The Morgan fingerprint density at radius 2 is 1.93 bits per heavy atom. The van der Waals surface area contributed by atoms with Crippen LogP contribution in [-0.4, -0.2) is 23.8 Å². The normalized spacial score (nSPS) is 15.7. The van der Waals surface area contributed by atoms with Crippen LogP contribution >= 0.6 is 0 Å². The molecule has 0 aromatic carbocycles. The van der Waals surface area contributed by atoms with Crippen LogP contribution in [0, 0.1) is 16.7 Å². The maximum atomic E-state index is 9.24. The summed E-state index contributed by atoms with van der Waals surface area (Å²) in [7, 11) is 0. The molecule has 3 nitrogen and oxygen atoms in total. The predicted molar refractivity (Wildman–Crippen MR) is 62.4 cm³/mol. The largest absolute Gasteiger partial charge is 0.394 e. The molecule has 15 heavy (non-hydrogen) atoms. The summed E-state index contributed by atoms with van der Waals surface area (Å²) in [5.41, 5.74) is -0.0781. The Morgan fingerprint density at radius 3 is 2.33 bits per heavy atom. The summed E-state index contributed by atoms with van der Waals surface area (Å²) in [5.74, 6) is 0. The minimum atomic E-state index is -0.191. The van der Waals surface area contributed by atoms with Crippen molar-refractivity contribution in [2.45, 2.75) is 52.5 Å². The Bertz CT molecular complexity index is 214. The molecule has 1 unspecified atom stereocenters. The zero-order valence-corrected chi connectivity index (χ0v) is 10.4. The van der Waals surface area contributed by atoms with Gasteiger partial charge in [0.05, 0.1) is 12.7 Å². The van der Waals surface area contributed by atoms with Gasteiger partial charge in [-0.25, -0.2) is 0 Å². The fourth-order valence-corrected chi connectivity index (χ4v) is 1.23. The molecule has 88 valence electrons. The fraction of sp³-hybridized carbons (Fsp3) is 0.917. The molecule has 0 bridgehead atoms. The molecule has 2 N–H and O–H groups in total. The van der Waals surface area contributed by atoms with Gasteiger partial charge in [0.25, 0.3) is 0 Å². The van der Waals surface area contributed by atoms with Gasteiger partial charge in [-0.15, -0.1) is 0 Å². The highest BCUT2D eigenvalue weighted by molar-refractivity contribution is 4.85. The van der Waals surface area contributed by atoms with E-state index >= 15 is 0 Å². The van der Waals surface area contributed by atoms with Gasteiger partial charge in [-0.2, -0.15) is 5.26 Å². The number of nitriles is 1. The first-order valence-corrected chi connectivity index (χ1v) is 5.62. The quantitative estimate of drug-likeness (QED) is 0.679. The van der Waals surface area contributed by atoms with E-state index in [0.717, 1.165) is 19.4 Å². The van der Waals surface area contributed by atoms with Crippen LogP contribution in [-0.2, 0) is 0 Å². The summed E-state index contributed by atoms with van der Waals surface area (Å²) in [6.45, 7) is 9.35. The van der Waals surface area contributed by atoms with E-state index in [2.05, 4.69) is 32.2 Å². The Balaban J connectivity index is 4.07. The molecule has 0 saturated carbocycles. The van der Waals surface area contributed by atoms with Gasteiger partial charge in [-0.05, 0) is 25.2 Å². The summed E-state index contributed by atoms with van der Waals surface area (Å²) in [6, 6.07) is 2.17. The average molecular weight is 212 g/mol. The highest BCUT2D eigenvalue weighted by atomic mass is 16.3. The maximum absolute atomic E-state index is 9.24. The van der Waals surface area contributed by atoms with Crippen molar-refractivity contribution in [1.82, 2.24) is 5.32 Å². The predicted octanol–water partition coefficient (Wildman–Crippen LogP) is 2.07. The second-order valence-electron chi connectivity index (χ2n) is 5.25. The molecule has 0 aliphatic heterocycles. The van der Waals surface area contributed by atoms with Crippen molar-refractivity contribution in [2.24, 2.45) is 5.41 Å². The molecule has 0 amide bonds. The lowest BCUT2D eigenvalue weighted by Crippen LogP contribution is -2.48. The van der Waals surface area contributed by atoms with E-state index in [1.807, 2.05) is 6.92 Å². The Hall–Kier alpha value is -0.590. The number of nitrogens with one attached hydrogen (secondary N) is 1. The van der Waals surface area contributed by atoms with Crippen LogP contribution in [0.3, 0.4) is 0 Å². The third-order valence-corrected chi connectivity index (χ3v) is 3.04. The van der Waals surface area contributed by atoms with Crippen LogP contribution in [0.25, 0.3) is 0 Å². The van der Waals surface area contributed by atoms with E-state index < -0.39 is 0 Å². The van der Waals surface area contributed by atoms with E-state index in [0.29, 0.717) is 6.42 Å². The van der Waals surface area contributed by atoms with Gasteiger partial charge in [0, 0.05) is 18.5 Å². The molecule has 0 aliphatic rings.